The predicted octanol–water partition coefficient (Wildman–Crippen LogP) is 4.10. The zero-order chi connectivity index (χ0) is 22.1. The van der Waals surface area contributed by atoms with Crippen molar-refractivity contribution in [1.82, 2.24) is 4.90 Å². The van der Waals surface area contributed by atoms with Crippen LogP contribution in [0.15, 0.2) is 48.5 Å². The minimum absolute atomic E-state index is 0.0368. The van der Waals surface area contributed by atoms with Crippen molar-refractivity contribution < 1.29 is 14.4 Å². The fourth-order valence-corrected chi connectivity index (χ4v) is 3.55. The Bertz CT molecular complexity index is 923. The van der Waals surface area contributed by atoms with Crippen molar-refractivity contribution in [3.05, 3.63) is 54.1 Å². The molecule has 3 N–H and O–H groups in total. The van der Waals surface area contributed by atoms with Crippen LogP contribution in [0.1, 0.15) is 49.4 Å². The maximum atomic E-state index is 12.7. The van der Waals surface area contributed by atoms with Crippen LogP contribution in [-0.4, -0.2) is 42.3 Å². The summed E-state index contributed by atoms with van der Waals surface area (Å²) < 4.78 is 0. The molecule has 0 atom stereocenters. The Morgan fingerprint density at radius 2 is 1.48 bits per heavy atom. The van der Waals surface area contributed by atoms with Crippen LogP contribution in [0.2, 0.25) is 0 Å². The third-order valence-electron chi connectivity index (χ3n) is 5.11. The van der Waals surface area contributed by atoms with Gasteiger partial charge in [-0.2, -0.15) is 0 Å². The lowest BCUT2D eigenvalue weighted by Crippen LogP contribution is -2.35. The number of piperidine rings is 1. The van der Waals surface area contributed by atoms with Crippen molar-refractivity contribution in [2.75, 3.05) is 35.6 Å². The summed E-state index contributed by atoms with van der Waals surface area (Å²) in [5.74, 6) is -0.230. The van der Waals surface area contributed by atoms with E-state index in [0.29, 0.717) is 23.4 Å². The number of likely N-dealkylation sites (tertiary alicyclic amines) is 1. The Kier molecular flexibility index (Phi) is 8.04. The van der Waals surface area contributed by atoms with Crippen LogP contribution in [0.25, 0.3) is 0 Å². The fourth-order valence-electron chi connectivity index (χ4n) is 3.55. The molecule has 1 fully saturated rings. The van der Waals surface area contributed by atoms with Crippen LogP contribution in [0.3, 0.4) is 0 Å². The van der Waals surface area contributed by atoms with E-state index in [9.17, 15) is 14.4 Å². The summed E-state index contributed by atoms with van der Waals surface area (Å²) in [6.07, 6.45) is 4.51. The van der Waals surface area contributed by atoms with Crippen LogP contribution < -0.4 is 16.0 Å². The highest BCUT2D eigenvalue weighted by atomic mass is 16.2. The topological polar surface area (TPSA) is 90.5 Å². The molecule has 31 heavy (non-hydrogen) atoms. The third kappa shape index (κ3) is 6.84. The molecule has 164 valence electrons. The fraction of sp³-hybridized carbons (Fsp3) is 0.375. The molecule has 1 aliphatic heterocycles. The molecule has 7 nitrogen and oxygen atoms in total. The standard InChI is InChI=1S/C24H30N4O3/c1-2-8-22(29)26-20-11-7-12-21(16-20)27-23(30)17-25-19-10-6-9-18(15-19)24(31)28-13-4-3-5-14-28/h6-7,9-12,15-16,25H,2-5,8,13-14,17H2,1H3,(H,26,29)(H,27,30). The minimum Gasteiger partial charge on any atom is -0.376 e. The Labute approximate surface area is 183 Å². The van der Waals surface area contributed by atoms with Gasteiger partial charge >= 0.3 is 0 Å². The number of rotatable bonds is 8. The minimum atomic E-state index is -0.218. The van der Waals surface area contributed by atoms with Crippen LogP contribution >= 0.6 is 0 Å². The molecule has 1 heterocycles. The first-order chi connectivity index (χ1) is 15.0. The lowest BCUT2D eigenvalue weighted by molar-refractivity contribution is -0.116. The number of nitrogens with one attached hydrogen (secondary N) is 3. The van der Waals surface area contributed by atoms with Gasteiger partial charge in [-0.15, -0.1) is 0 Å². The first-order valence-electron chi connectivity index (χ1n) is 10.9. The molecular formula is C24H30N4O3. The Morgan fingerprint density at radius 3 is 2.19 bits per heavy atom. The maximum absolute atomic E-state index is 12.7. The lowest BCUT2D eigenvalue weighted by atomic mass is 10.1. The summed E-state index contributed by atoms with van der Waals surface area (Å²) in [4.78, 5) is 38.7. The number of carbonyl (C=O) groups is 3. The Hall–Kier alpha value is -3.35. The van der Waals surface area contributed by atoms with Gasteiger partial charge in [-0.25, -0.2) is 0 Å². The van der Waals surface area contributed by atoms with E-state index in [-0.39, 0.29) is 24.3 Å². The molecule has 2 aromatic carbocycles. The van der Waals surface area contributed by atoms with Crippen LogP contribution in [-0.2, 0) is 9.59 Å². The number of amides is 3. The van der Waals surface area contributed by atoms with Crippen LogP contribution in [0, 0.1) is 0 Å². The molecule has 0 saturated carbocycles. The number of hydrogen-bond acceptors (Lipinski definition) is 4. The number of benzene rings is 2. The summed E-state index contributed by atoms with van der Waals surface area (Å²) >= 11 is 0. The second-order valence-electron chi connectivity index (χ2n) is 7.71. The maximum Gasteiger partial charge on any atom is 0.253 e. The molecule has 0 radical (unpaired) electrons. The van der Waals surface area contributed by atoms with E-state index in [2.05, 4.69) is 16.0 Å². The van der Waals surface area contributed by atoms with Gasteiger partial charge in [0.15, 0.2) is 0 Å². The molecular weight excluding hydrogens is 392 g/mol. The van der Waals surface area contributed by atoms with Crippen molar-refractivity contribution in [2.45, 2.75) is 39.0 Å². The van der Waals surface area contributed by atoms with Crippen molar-refractivity contribution in [1.29, 1.82) is 0 Å². The van der Waals surface area contributed by atoms with E-state index in [0.717, 1.165) is 38.0 Å². The van der Waals surface area contributed by atoms with Gasteiger partial charge in [0.25, 0.3) is 5.91 Å². The monoisotopic (exact) mass is 422 g/mol. The Morgan fingerprint density at radius 1 is 0.839 bits per heavy atom. The molecule has 2 aromatic rings. The largest absolute Gasteiger partial charge is 0.376 e. The number of carbonyl (C=O) groups excluding carboxylic acids is 3. The predicted molar refractivity (Wildman–Crippen MR) is 123 cm³/mol. The molecule has 0 bridgehead atoms. The SMILES string of the molecule is CCCC(=O)Nc1cccc(NC(=O)CNc2cccc(C(=O)N3CCCCC3)c2)c1. The van der Waals surface area contributed by atoms with Gasteiger partial charge in [0.05, 0.1) is 6.54 Å². The zero-order valence-corrected chi connectivity index (χ0v) is 17.9. The highest BCUT2D eigenvalue weighted by Crippen LogP contribution is 2.17. The normalized spacial score (nSPS) is 13.4. The van der Waals surface area contributed by atoms with Crippen molar-refractivity contribution in [3.8, 4) is 0 Å². The molecule has 1 aliphatic rings. The van der Waals surface area contributed by atoms with Gasteiger partial charge in [0.1, 0.15) is 0 Å². The van der Waals surface area contributed by atoms with Gasteiger partial charge < -0.3 is 20.9 Å². The number of hydrogen-bond donors (Lipinski definition) is 3. The molecule has 0 spiro atoms. The van der Waals surface area contributed by atoms with Crippen LogP contribution in [0.5, 0.6) is 0 Å². The van der Waals surface area contributed by atoms with Gasteiger partial charge in [0, 0.05) is 42.1 Å². The first kappa shape index (κ1) is 22.3. The third-order valence-corrected chi connectivity index (χ3v) is 5.11. The molecule has 3 rings (SSSR count). The zero-order valence-electron chi connectivity index (χ0n) is 17.9. The second-order valence-corrected chi connectivity index (χ2v) is 7.71. The average Bonchev–Trinajstić information content (AvgIpc) is 2.78. The lowest BCUT2D eigenvalue weighted by Gasteiger charge is -2.26. The summed E-state index contributed by atoms with van der Waals surface area (Å²) in [6, 6.07) is 14.3. The van der Waals surface area contributed by atoms with E-state index in [1.807, 2.05) is 24.0 Å². The first-order valence-corrected chi connectivity index (χ1v) is 10.9. The van der Waals surface area contributed by atoms with E-state index in [4.69, 9.17) is 0 Å². The van der Waals surface area contributed by atoms with E-state index >= 15 is 0 Å². The van der Waals surface area contributed by atoms with E-state index in [1.54, 1.807) is 36.4 Å². The molecule has 0 aliphatic carbocycles. The smallest absolute Gasteiger partial charge is 0.253 e. The van der Waals surface area contributed by atoms with Gasteiger partial charge in [-0.3, -0.25) is 14.4 Å². The van der Waals surface area contributed by atoms with Crippen molar-refractivity contribution in [2.24, 2.45) is 0 Å². The van der Waals surface area contributed by atoms with Crippen LogP contribution in [0.4, 0.5) is 17.1 Å². The molecule has 3 amide bonds. The highest BCUT2D eigenvalue weighted by Gasteiger charge is 2.18. The quantitative estimate of drug-likeness (QED) is 0.597. The van der Waals surface area contributed by atoms with E-state index in [1.165, 1.54) is 6.42 Å². The highest BCUT2D eigenvalue weighted by molar-refractivity contribution is 5.97. The molecule has 1 saturated heterocycles. The summed E-state index contributed by atoms with van der Waals surface area (Å²) in [7, 11) is 0. The molecule has 0 unspecified atom stereocenters. The van der Waals surface area contributed by atoms with Gasteiger partial charge in [0.2, 0.25) is 11.8 Å². The second kappa shape index (κ2) is 11.2. The summed E-state index contributed by atoms with van der Waals surface area (Å²) in [5.41, 5.74) is 2.60. The number of nitrogens with zero attached hydrogens (tertiary/aromatic N) is 1. The summed E-state index contributed by atoms with van der Waals surface area (Å²) in [6.45, 7) is 3.62. The Balaban J connectivity index is 1.53. The number of anilines is 3. The van der Waals surface area contributed by atoms with E-state index < -0.39 is 0 Å². The van der Waals surface area contributed by atoms with Crippen molar-refractivity contribution in [3.63, 3.8) is 0 Å². The van der Waals surface area contributed by atoms with Gasteiger partial charge in [-0.05, 0) is 62.1 Å². The van der Waals surface area contributed by atoms with Crippen molar-refractivity contribution >= 4 is 34.8 Å². The summed E-state index contributed by atoms with van der Waals surface area (Å²) in [5, 5.41) is 8.71. The van der Waals surface area contributed by atoms with Gasteiger partial charge in [-0.1, -0.05) is 19.1 Å². The molecule has 0 aromatic heterocycles. The average molecular weight is 423 g/mol. The molecule has 7 heteroatoms.